The number of aryl methyl sites for hydroxylation is 1. The van der Waals surface area contributed by atoms with Crippen LogP contribution in [0.5, 0.6) is 5.75 Å². The number of carbonyl (C=O) groups is 2. The number of Topliss-reactive ketones (excluding diaryl/α,β-unsaturated/α-hetero) is 1. The molecule has 30 heavy (non-hydrogen) atoms. The van der Waals surface area contributed by atoms with Crippen LogP contribution in [-0.2, 0) is 9.59 Å². The minimum Gasteiger partial charge on any atom is -0.507 e. The SMILES string of the molecule is COc1cccc(C(O)=C2C(=O)C(=O)N(CCCN(C)C)[C@@H]2c2ccc(C)cc2)c1. The number of rotatable bonds is 7. The third-order valence-electron chi connectivity index (χ3n) is 5.28. The van der Waals surface area contributed by atoms with Gasteiger partial charge in [-0.25, -0.2) is 0 Å². The topological polar surface area (TPSA) is 70.1 Å². The van der Waals surface area contributed by atoms with Crippen LogP contribution >= 0.6 is 0 Å². The van der Waals surface area contributed by atoms with Crippen molar-refractivity contribution in [3.63, 3.8) is 0 Å². The summed E-state index contributed by atoms with van der Waals surface area (Å²) < 4.78 is 5.24. The zero-order chi connectivity index (χ0) is 21.8. The minimum absolute atomic E-state index is 0.113. The summed E-state index contributed by atoms with van der Waals surface area (Å²) in [6.45, 7) is 3.20. The molecule has 0 saturated carbocycles. The van der Waals surface area contributed by atoms with Crippen molar-refractivity contribution in [3.05, 3.63) is 70.8 Å². The molecule has 2 aromatic rings. The van der Waals surface area contributed by atoms with E-state index < -0.39 is 17.7 Å². The predicted octanol–water partition coefficient (Wildman–Crippen LogP) is 3.38. The lowest BCUT2D eigenvalue weighted by molar-refractivity contribution is -0.139. The van der Waals surface area contributed by atoms with Gasteiger partial charge in [-0.2, -0.15) is 0 Å². The highest BCUT2D eigenvalue weighted by atomic mass is 16.5. The first kappa shape index (κ1) is 21.6. The van der Waals surface area contributed by atoms with Gasteiger partial charge in [-0.15, -0.1) is 0 Å². The smallest absolute Gasteiger partial charge is 0.295 e. The molecule has 1 saturated heterocycles. The van der Waals surface area contributed by atoms with Crippen LogP contribution in [0.2, 0.25) is 0 Å². The number of ketones is 1. The van der Waals surface area contributed by atoms with Crippen molar-refractivity contribution in [1.82, 2.24) is 9.80 Å². The second kappa shape index (κ2) is 9.13. The van der Waals surface area contributed by atoms with E-state index in [9.17, 15) is 14.7 Å². The molecule has 1 atom stereocenters. The van der Waals surface area contributed by atoms with Crippen molar-refractivity contribution in [3.8, 4) is 5.75 Å². The molecule has 3 rings (SSSR count). The number of aliphatic hydroxyl groups is 1. The quantitative estimate of drug-likeness (QED) is 0.432. The molecule has 0 aliphatic carbocycles. The lowest BCUT2D eigenvalue weighted by Crippen LogP contribution is -2.32. The van der Waals surface area contributed by atoms with E-state index in [2.05, 4.69) is 0 Å². The van der Waals surface area contributed by atoms with Gasteiger partial charge in [0, 0.05) is 12.1 Å². The van der Waals surface area contributed by atoms with Gasteiger partial charge in [-0.1, -0.05) is 42.0 Å². The summed E-state index contributed by atoms with van der Waals surface area (Å²) in [6, 6.07) is 13.9. The molecule has 1 aliphatic heterocycles. The molecule has 158 valence electrons. The van der Waals surface area contributed by atoms with E-state index in [1.54, 1.807) is 29.2 Å². The first-order valence-electron chi connectivity index (χ1n) is 9.97. The van der Waals surface area contributed by atoms with Gasteiger partial charge in [0.15, 0.2) is 0 Å². The fraction of sp³-hybridized carbons (Fsp3) is 0.333. The molecule has 6 heteroatoms. The number of carbonyl (C=O) groups excluding carboxylic acids is 2. The third kappa shape index (κ3) is 4.39. The Balaban J connectivity index is 2.09. The number of hydrogen-bond acceptors (Lipinski definition) is 5. The maximum Gasteiger partial charge on any atom is 0.295 e. The van der Waals surface area contributed by atoms with E-state index in [4.69, 9.17) is 4.74 Å². The van der Waals surface area contributed by atoms with Crippen LogP contribution in [-0.4, -0.2) is 60.9 Å². The van der Waals surface area contributed by atoms with Crippen LogP contribution in [0.3, 0.4) is 0 Å². The van der Waals surface area contributed by atoms with E-state index >= 15 is 0 Å². The van der Waals surface area contributed by atoms with E-state index in [1.165, 1.54) is 7.11 Å². The van der Waals surface area contributed by atoms with Crippen molar-refractivity contribution in [1.29, 1.82) is 0 Å². The number of nitrogens with zero attached hydrogens (tertiary/aromatic N) is 2. The zero-order valence-corrected chi connectivity index (χ0v) is 17.9. The highest BCUT2D eigenvalue weighted by Gasteiger charge is 2.45. The molecule has 0 radical (unpaired) electrons. The van der Waals surface area contributed by atoms with Crippen molar-refractivity contribution in [2.45, 2.75) is 19.4 Å². The monoisotopic (exact) mass is 408 g/mol. The normalized spacial score (nSPS) is 18.3. The largest absolute Gasteiger partial charge is 0.507 e. The number of ether oxygens (including phenoxy) is 1. The summed E-state index contributed by atoms with van der Waals surface area (Å²) in [6.07, 6.45) is 0.724. The zero-order valence-electron chi connectivity index (χ0n) is 17.9. The lowest BCUT2D eigenvalue weighted by Gasteiger charge is -2.26. The summed E-state index contributed by atoms with van der Waals surface area (Å²) in [5.74, 6) is -0.867. The first-order valence-corrected chi connectivity index (χ1v) is 9.97. The molecule has 0 spiro atoms. The van der Waals surface area contributed by atoms with E-state index in [0.29, 0.717) is 17.9 Å². The van der Waals surface area contributed by atoms with Crippen LogP contribution in [0.15, 0.2) is 54.1 Å². The maximum absolute atomic E-state index is 13.0. The first-order chi connectivity index (χ1) is 14.3. The van der Waals surface area contributed by atoms with Gasteiger partial charge in [-0.3, -0.25) is 9.59 Å². The molecular weight excluding hydrogens is 380 g/mol. The molecule has 1 amide bonds. The number of aliphatic hydroxyl groups excluding tert-OH is 1. The Morgan fingerprint density at radius 1 is 1.13 bits per heavy atom. The average Bonchev–Trinajstić information content (AvgIpc) is 2.98. The summed E-state index contributed by atoms with van der Waals surface area (Å²) in [5, 5.41) is 11.1. The fourth-order valence-corrected chi connectivity index (χ4v) is 3.69. The van der Waals surface area contributed by atoms with Crippen molar-refractivity contribution >= 4 is 17.4 Å². The van der Waals surface area contributed by atoms with Gasteiger partial charge < -0.3 is 19.6 Å². The van der Waals surface area contributed by atoms with E-state index in [0.717, 1.165) is 24.1 Å². The van der Waals surface area contributed by atoms with Gasteiger partial charge in [-0.05, 0) is 51.7 Å². The molecule has 2 aromatic carbocycles. The summed E-state index contributed by atoms with van der Waals surface area (Å²) in [7, 11) is 5.47. The van der Waals surface area contributed by atoms with E-state index in [-0.39, 0.29) is 11.3 Å². The number of benzene rings is 2. The molecule has 0 aromatic heterocycles. The van der Waals surface area contributed by atoms with Gasteiger partial charge in [0.2, 0.25) is 0 Å². The van der Waals surface area contributed by atoms with Crippen LogP contribution in [0, 0.1) is 6.92 Å². The molecule has 0 bridgehead atoms. The van der Waals surface area contributed by atoms with Gasteiger partial charge in [0.05, 0.1) is 18.7 Å². The molecule has 0 unspecified atom stereocenters. The fourth-order valence-electron chi connectivity index (χ4n) is 3.69. The third-order valence-corrected chi connectivity index (χ3v) is 5.28. The van der Waals surface area contributed by atoms with Gasteiger partial charge >= 0.3 is 0 Å². The summed E-state index contributed by atoms with van der Waals surface area (Å²) in [5.41, 5.74) is 2.44. The molecule has 1 fully saturated rings. The predicted molar refractivity (Wildman–Crippen MR) is 116 cm³/mol. The Kier molecular flexibility index (Phi) is 6.57. The van der Waals surface area contributed by atoms with Crippen LogP contribution < -0.4 is 4.74 Å². The average molecular weight is 408 g/mol. The van der Waals surface area contributed by atoms with Gasteiger partial charge in [0.25, 0.3) is 11.7 Å². The molecule has 1 heterocycles. The summed E-state index contributed by atoms with van der Waals surface area (Å²) in [4.78, 5) is 29.5. The Bertz CT molecular complexity index is 963. The summed E-state index contributed by atoms with van der Waals surface area (Å²) >= 11 is 0. The standard InChI is InChI=1S/C24H28N2O4/c1-16-9-11-17(12-10-16)21-20(22(27)18-7-5-8-19(15-18)30-4)23(28)24(29)26(21)14-6-13-25(2)3/h5,7-12,15,21,27H,6,13-14H2,1-4H3/t21-/m1/s1. The number of methoxy groups -OCH3 is 1. The Labute approximate surface area is 177 Å². The molecular formula is C24H28N2O4. The molecule has 6 nitrogen and oxygen atoms in total. The van der Waals surface area contributed by atoms with E-state index in [1.807, 2.05) is 50.2 Å². The van der Waals surface area contributed by atoms with Crippen molar-refractivity contribution in [2.75, 3.05) is 34.3 Å². The Morgan fingerprint density at radius 3 is 2.47 bits per heavy atom. The second-order valence-corrected chi connectivity index (χ2v) is 7.79. The Morgan fingerprint density at radius 2 is 1.83 bits per heavy atom. The molecule has 1 aliphatic rings. The van der Waals surface area contributed by atoms with Crippen molar-refractivity contribution < 1.29 is 19.4 Å². The van der Waals surface area contributed by atoms with Crippen LogP contribution in [0.4, 0.5) is 0 Å². The van der Waals surface area contributed by atoms with Crippen LogP contribution in [0.1, 0.15) is 29.2 Å². The minimum atomic E-state index is -0.661. The highest BCUT2D eigenvalue weighted by molar-refractivity contribution is 6.46. The maximum atomic E-state index is 13.0. The van der Waals surface area contributed by atoms with Crippen LogP contribution in [0.25, 0.3) is 5.76 Å². The highest BCUT2D eigenvalue weighted by Crippen LogP contribution is 2.39. The number of amides is 1. The second-order valence-electron chi connectivity index (χ2n) is 7.79. The Hall–Kier alpha value is -3.12. The number of likely N-dealkylation sites (tertiary alicyclic amines) is 1. The molecule has 1 N–H and O–H groups in total. The lowest BCUT2D eigenvalue weighted by atomic mass is 9.94. The number of hydrogen-bond donors (Lipinski definition) is 1. The van der Waals surface area contributed by atoms with Gasteiger partial charge in [0.1, 0.15) is 11.5 Å². The van der Waals surface area contributed by atoms with Crippen molar-refractivity contribution in [2.24, 2.45) is 0 Å².